The van der Waals surface area contributed by atoms with Crippen LogP contribution in [0.1, 0.15) is 12.5 Å². The number of hydrogen-bond donors (Lipinski definition) is 2. The summed E-state index contributed by atoms with van der Waals surface area (Å²) in [5, 5.41) is 9.39. The van der Waals surface area contributed by atoms with Gasteiger partial charge in [-0.1, -0.05) is 30.3 Å². The van der Waals surface area contributed by atoms with Gasteiger partial charge in [0.15, 0.2) is 0 Å². The molecule has 0 fully saturated rings. The molecule has 0 saturated carbocycles. The Balaban J connectivity index is 2.57. The van der Waals surface area contributed by atoms with Crippen molar-refractivity contribution in [1.82, 2.24) is 0 Å². The van der Waals surface area contributed by atoms with Crippen LogP contribution in [-0.2, 0) is 6.42 Å². The Morgan fingerprint density at radius 3 is 2.38 bits per heavy atom. The molecule has 2 atom stereocenters. The van der Waals surface area contributed by atoms with Crippen LogP contribution in [0, 0.1) is 5.92 Å². The maximum absolute atomic E-state index is 9.39. The first-order valence-corrected chi connectivity index (χ1v) is 4.66. The quantitative estimate of drug-likeness (QED) is 0.729. The summed E-state index contributed by atoms with van der Waals surface area (Å²) in [6.45, 7) is 2.33. The highest BCUT2D eigenvalue weighted by Crippen LogP contribution is 2.10. The molecule has 1 unspecified atom stereocenters. The number of aliphatic hydroxyl groups is 1. The van der Waals surface area contributed by atoms with Crippen LogP contribution in [0.25, 0.3) is 0 Å². The van der Waals surface area contributed by atoms with Gasteiger partial charge in [0.25, 0.3) is 0 Å². The molecule has 1 rings (SSSR count). The van der Waals surface area contributed by atoms with E-state index in [0.29, 0.717) is 6.54 Å². The Kier molecular flexibility index (Phi) is 3.93. The summed E-state index contributed by atoms with van der Waals surface area (Å²) in [6, 6.07) is 10.1. The highest BCUT2D eigenvalue weighted by Gasteiger charge is 2.12. The van der Waals surface area contributed by atoms with Crippen molar-refractivity contribution in [3.8, 4) is 0 Å². The van der Waals surface area contributed by atoms with Crippen LogP contribution in [0.5, 0.6) is 0 Å². The van der Waals surface area contributed by atoms with E-state index in [1.54, 1.807) is 6.92 Å². The van der Waals surface area contributed by atoms with E-state index in [4.69, 9.17) is 5.73 Å². The van der Waals surface area contributed by atoms with Gasteiger partial charge in [0, 0.05) is 5.92 Å². The van der Waals surface area contributed by atoms with Crippen LogP contribution in [0.3, 0.4) is 0 Å². The standard InChI is InChI=1S/C11H17NO/c1-9(13)11(8-12)7-10-5-3-2-4-6-10/h2-6,9,11,13H,7-8,12H2,1H3/t9-,11?/m0/s1. The molecule has 2 heteroatoms. The molecule has 0 amide bonds. The molecule has 72 valence electrons. The molecule has 0 saturated heterocycles. The van der Waals surface area contributed by atoms with Gasteiger partial charge in [-0.25, -0.2) is 0 Å². The number of hydrogen-bond acceptors (Lipinski definition) is 2. The first-order chi connectivity index (χ1) is 6.24. The van der Waals surface area contributed by atoms with Crippen molar-refractivity contribution >= 4 is 0 Å². The van der Waals surface area contributed by atoms with Crippen LogP contribution in [0.2, 0.25) is 0 Å². The monoisotopic (exact) mass is 179 g/mol. The molecule has 0 heterocycles. The Morgan fingerprint density at radius 2 is 1.92 bits per heavy atom. The molecular weight excluding hydrogens is 162 g/mol. The van der Waals surface area contributed by atoms with Gasteiger partial charge in [0.1, 0.15) is 0 Å². The van der Waals surface area contributed by atoms with Crippen molar-refractivity contribution in [1.29, 1.82) is 0 Å². The lowest BCUT2D eigenvalue weighted by atomic mass is 9.95. The highest BCUT2D eigenvalue weighted by atomic mass is 16.3. The lowest BCUT2D eigenvalue weighted by molar-refractivity contribution is 0.129. The Bertz CT molecular complexity index is 233. The van der Waals surface area contributed by atoms with Crippen LogP contribution in [0.4, 0.5) is 0 Å². The Hall–Kier alpha value is -0.860. The number of rotatable bonds is 4. The Labute approximate surface area is 79.4 Å². The second-order valence-corrected chi connectivity index (χ2v) is 3.43. The van der Waals surface area contributed by atoms with Crippen molar-refractivity contribution in [3.05, 3.63) is 35.9 Å². The summed E-state index contributed by atoms with van der Waals surface area (Å²) in [6.07, 6.45) is 0.528. The molecule has 1 aromatic rings. The van der Waals surface area contributed by atoms with Crippen molar-refractivity contribution in [2.24, 2.45) is 11.7 Å². The number of nitrogens with two attached hydrogens (primary N) is 1. The molecule has 0 radical (unpaired) electrons. The lowest BCUT2D eigenvalue weighted by Crippen LogP contribution is -2.27. The predicted octanol–water partition coefficient (Wildman–Crippen LogP) is 1.18. The average Bonchev–Trinajstić information content (AvgIpc) is 2.15. The van der Waals surface area contributed by atoms with Crippen LogP contribution in [0.15, 0.2) is 30.3 Å². The SMILES string of the molecule is C[C@H](O)C(CN)Cc1ccccc1. The minimum absolute atomic E-state index is 0.169. The zero-order chi connectivity index (χ0) is 9.68. The summed E-state index contributed by atoms with van der Waals surface area (Å²) in [5.41, 5.74) is 6.80. The summed E-state index contributed by atoms with van der Waals surface area (Å²) in [4.78, 5) is 0. The fourth-order valence-corrected chi connectivity index (χ4v) is 1.37. The first kappa shape index (κ1) is 10.2. The van der Waals surface area contributed by atoms with Crippen molar-refractivity contribution < 1.29 is 5.11 Å². The molecule has 1 aromatic carbocycles. The molecule has 2 nitrogen and oxygen atoms in total. The molecule has 0 aliphatic rings. The molecular formula is C11H17NO. The zero-order valence-corrected chi connectivity index (χ0v) is 7.98. The van der Waals surface area contributed by atoms with Gasteiger partial charge in [-0.15, -0.1) is 0 Å². The van der Waals surface area contributed by atoms with Crippen LogP contribution < -0.4 is 5.73 Å². The molecule has 0 bridgehead atoms. The molecule has 0 spiro atoms. The number of aliphatic hydroxyl groups excluding tert-OH is 1. The topological polar surface area (TPSA) is 46.2 Å². The van der Waals surface area contributed by atoms with E-state index in [-0.39, 0.29) is 12.0 Å². The van der Waals surface area contributed by atoms with E-state index in [0.717, 1.165) is 6.42 Å². The van der Waals surface area contributed by atoms with Gasteiger partial charge >= 0.3 is 0 Å². The molecule has 0 aliphatic heterocycles. The van der Waals surface area contributed by atoms with E-state index in [1.807, 2.05) is 18.2 Å². The molecule has 3 N–H and O–H groups in total. The number of benzene rings is 1. The van der Waals surface area contributed by atoms with E-state index < -0.39 is 0 Å². The van der Waals surface area contributed by atoms with Gasteiger partial charge in [-0.2, -0.15) is 0 Å². The third-order valence-corrected chi connectivity index (χ3v) is 2.33. The molecule has 0 aromatic heterocycles. The van der Waals surface area contributed by atoms with Crippen molar-refractivity contribution in [2.45, 2.75) is 19.4 Å². The summed E-state index contributed by atoms with van der Waals surface area (Å²) >= 11 is 0. The molecule has 0 aliphatic carbocycles. The van der Waals surface area contributed by atoms with Crippen LogP contribution >= 0.6 is 0 Å². The second kappa shape index (κ2) is 5.00. The maximum Gasteiger partial charge on any atom is 0.0555 e. The van der Waals surface area contributed by atoms with Gasteiger partial charge in [0.2, 0.25) is 0 Å². The van der Waals surface area contributed by atoms with Gasteiger partial charge in [0.05, 0.1) is 6.10 Å². The van der Waals surface area contributed by atoms with E-state index in [2.05, 4.69) is 12.1 Å². The lowest BCUT2D eigenvalue weighted by Gasteiger charge is -2.17. The highest BCUT2D eigenvalue weighted by molar-refractivity contribution is 5.15. The Morgan fingerprint density at radius 1 is 1.31 bits per heavy atom. The predicted molar refractivity (Wildman–Crippen MR) is 54.4 cm³/mol. The van der Waals surface area contributed by atoms with Crippen molar-refractivity contribution in [2.75, 3.05) is 6.54 Å². The van der Waals surface area contributed by atoms with Gasteiger partial charge < -0.3 is 10.8 Å². The van der Waals surface area contributed by atoms with E-state index >= 15 is 0 Å². The van der Waals surface area contributed by atoms with Crippen LogP contribution in [-0.4, -0.2) is 17.8 Å². The zero-order valence-electron chi connectivity index (χ0n) is 7.98. The third kappa shape index (κ3) is 3.17. The fraction of sp³-hybridized carbons (Fsp3) is 0.455. The van der Waals surface area contributed by atoms with Gasteiger partial charge in [-0.3, -0.25) is 0 Å². The maximum atomic E-state index is 9.39. The summed E-state index contributed by atoms with van der Waals surface area (Å²) in [5.74, 6) is 0.169. The molecule has 13 heavy (non-hydrogen) atoms. The first-order valence-electron chi connectivity index (χ1n) is 4.66. The second-order valence-electron chi connectivity index (χ2n) is 3.43. The fourth-order valence-electron chi connectivity index (χ4n) is 1.37. The summed E-state index contributed by atoms with van der Waals surface area (Å²) in [7, 11) is 0. The average molecular weight is 179 g/mol. The van der Waals surface area contributed by atoms with E-state index in [1.165, 1.54) is 5.56 Å². The smallest absolute Gasteiger partial charge is 0.0555 e. The van der Waals surface area contributed by atoms with Gasteiger partial charge in [-0.05, 0) is 25.5 Å². The third-order valence-electron chi connectivity index (χ3n) is 2.33. The normalized spacial score (nSPS) is 15.3. The largest absolute Gasteiger partial charge is 0.393 e. The van der Waals surface area contributed by atoms with E-state index in [9.17, 15) is 5.11 Å². The minimum atomic E-state index is -0.329. The minimum Gasteiger partial charge on any atom is -0.393 e. The summed E-state index contributed by atoms with van der Waals surface area (Å²) < 4.78 is 0. The van der Waals surface area contributed by atoms with Crippen molar-refractivity contribution in [3.63, 3.8) is 0 Å².